The summed E-state index contributed by atoms with van der Waals surface area (Å²) in [6.45, 7) is 0. The van der Waals surface area contributed by atoms with Gasteiger partial charge in [-0.1, -0.05) is 4.99 Å². The summed E-state index contributed by atoms with van der Waals surface area (Å²) in [6, 6.07) is 0. The minimum absolute atomic E-state index is 1.69. The number of nitrogens with zero attached hydrogens (tertiary/aromatic N) is 2. The Morgan fingerprint density at radius 2 is 2.50 bits per heavy atom. The molecule has 8 heavy (non-hydrogen) atoms. The van der Waals surface area contributed by atoms with E-state index in [1.165, 1.54) is 0 Å². The maximum Gasteiger partial charge on any atom is 0.293 e. The van der Waals surface area contributed by atoms with Crippen LogP contribution in [-0.4, -0.2) is 23.8 Å². The minimum atomic E-state index is 1.69. The Hall–Kier alpha value is -1.14. The second-order valence-electron chi connectivity index (χ2n) is 1.51. The van der Waals surface area contributed by atoms with Gasteiger partial charge in [0.25, 0.3) is 6.34 Å². The molecule has 1 heterocycles. The third kappa shape index (κ3) is 1.17. The van der Waals surface area contributed by atoms with Crippen molar-refractivity contribution in [3.63, 3.8) is 0 Å². The van der Waals surface area contributed by atoms with Gasteiger partial charge in [0.1, 0.15) is 6.20 Å². The first kappa shape index (κ1) is 5.01. The van der Waals surface area contributed by atoms with E-state index in [-0.39, 0.29) is 0 Å². The average molecular weight is 107 g/mol. The highest BCUT2D eigenvalue weighted by molar-refractivity contribution is 5.59. The van der Waals surface area contributed by atoms with Crippen molar-refractivity contribution in [3.8, 4) is 0 Å². The molecule has 2 heteroatoms. The molecule has 0 saturated carbocycles. The van der Waals surface area contributed by atoms with Crippen LogP contribution in [0.2, 0.25) is 0 Å². The predicted octanol–water partition coefficient (Wildman–Crippen LogP) is 0.410. The van der Waals surface area contributed by atoms with Crippen molar-refractivity contribution in [1.82, 2.24) is 0 Å². The molecular formula is C6H7N2+. The molecule has 2 nitrogen and oxygen atoms in total. The summed E-state index contributed by atoms with van der Waals surface area (Å²) in [5, 5.41) is 0. The zero-order chi connectivity index (χ0) is 5.82. The van der Waals surface area contributed by atoms with Gasteiger partial charge in [0.05, 0.1) is 12.9 Å². The van der Waals surface area contributed by atoms with E-state index in [0.29, 0.717) is 0 Å². The highest BCUT2D eigenvalue weighted by Crippen LogP contribution is 1.76. The van der Waals surface area contributed by atoms with Crippen molar-refractivity contribution in [3.05, 3.63) is 18.4 Å². The van der Waals surface area contributed by atoms with Crippen LogP contribution < -0.4 is 0 Å². The summed E-state index contributed by atoms with van der Waals surface area (Å²) in [4.78, 5) is 3.88. The molecule has 0 bridgehead atoms. The molecule has 0 saturated heterocycles. The van der Waals surface area contributed by atoms with Crippen molar-refractivity contribution in [1.29, 1.82) is 0 Å². The molecule has 0 aromatic carbocycles. The fraction of sp³-hybridized carbons (Fsp3) is 0.167. The minimum Gasteiger partial charge on any atom is -0.195 e. The lowest BCUT2D eigenvalue weighted by Gasteiger charge is -1.72. The summed E-state index contributed by atoms with van der Waals surface area (Å²) in [7, 11) is 1.88. The predicted molar refractivity (Wildman–Crippen MR) is 33.4 cm³/mol. The van der Waals surface area contributed by atoms with E-state index in [2.05, 4.69) is 10.9 Å². The Balaban J connectivity index is 2.95. The number of allylic oxidation sites excluding steroid dienone is 2. The fourth-order valence-electron chi connectivity index (χ4n) is 0.425. The molecule has 0 atom stereocenters. The lowest BCUT2D eigenvalue weighted by atomic mass is 10.6. The van der Waals surface area contributed by atoms with Crippen molar-refractivity contribution < 1.29 is 4.58 Å². The standard InChI is InChI=1S/C6H7N2/c1-8-5-3-2-4-7-6-8/h2-4,6H,1H3/q+1. The molecule has 1 aliphatic rings. The number of hydrogen-bond donors (Lipinski definition) is 0. The van der Waals surface area contributed by atoms with Crippen LogP contribution in [0.3, 0.4) is 0 Å². The van der Waals surface area contributed by atoms with Gasteiger partial charge in [-0.15, -0.1) is 0 Å². The Morgan fingerprint density at radius 3 is 3.38 bits per heavy atom. The van der Waals surface area contributed by atoms with Gasteiger partial charge in [-0.3, -0.25) is 0 Å². The van der Waals surface area contributed by atoms with E-state index in [1.807, 2.05) is 19.2 Å². The van der Waals surface area contributed by atoms with Crippen LogP contribution in [0.4, 0.5) is 0 Å². The molecule has 0 N–H and O–H groups in total. The maximum atomic E-state index is 3.88. The van der Waals surface area contributed by atoms with Crippen LogP contribution in [0.1, 0.15) is 0 Å². The summed E-state index contributed by atoms with van der Waals surface area (Å²) < 4.78 is 1.76. The first-order chi connectivity index (χ1) is 3.89. The molecule has 0 aromatic heterocycles. The number of rotatable bonds is 0. The van der Waals surface area contributed by atoms with Gasteiger partial charge in [-0.2, -0.15) is 4.58 Å². The smallest absolute Gasteiger partial charge is 0.195 e. The molecule has 0 radical (unpaired) electrons. The SMILES string of the molecule is C[N+]1=C=CC=CN=C1. The van der Waals surface area contributed by atoms with Gasteiger partial charge in [0.2, 0.25) is 0 Å². The summed E-state index contributed by atoms with van der Waals surface area (Å²) >= 11 is 0. The van der Waals surface area contributed by atoms with Gasteiger partial charge in [-0.25, -0.2) is 0 Å². The van der Waals surface area contributed by atoms with Gasteiger partial charge in [-0.05, 0) is 6.08 Å². The van der Waals surface area contributed by atoms with Crippen molar-refractivity contribution in [2.24, 2.45) is 4.99 Å². The quantitative estimate of drug-likeness (QED) is 0.398. The van der Waals surface area contributed by atoms with E-state index in [9.17, 15) is 0 Å². The summed E-state index contributed by atoms with van der Waals surface area (Å²) in [6.07, 6.45) is 7.06. The Kier molecular flexibility index (Phi) is 1.40. The van der Waals surface area contributed by atoms with Crippen molar-refractivity contribution >= 4 is 12.2 Å². The summed E-state index contributed by atoms with van der Waals surface area (Å²) in [5.74, 6) is 2.92. The fourth-order valence-corrected chi connectivity index (χ4v) is 0.425. The largest absolute Gasteiger partial charge is 0.293 e. The lowest BCUT2D eigenvalue weighted by Crippen LogP contribution is -1.97. The molecule has 0 aliphatic carbocycles. The zero-order valence-electron chi connectivity index (χ0n) is 4.70. The highest BCUT2D eigenvalue weighted by Gasteiger charge is 1.83. The molecule has 0 spiro atoms. The third-order valence-corrected chi connectivity index (χ3v) is 0.786. The van der Waals surface area contributed by atoms with Crippen LogP contribution in [0.15, 0.2) is 23.3 Å². The van der Waals surface area contributed by atoms with Crippen molar-refractivity contribution in [2.75, 3.05) is 7.05 Å². The average Bonchev–Trinajstić information content (AvgIpc) is 1.94. The molecular weight excluding hydrogens is 100 g/mol. The van der Waals surface area contributed by atoms with Crippen LogP contribution in [0, 0.1) is 0 Å². The second-order valence-corrected chi connectivity index (χ2v) is 1.51. The molecule has 1 rings (SSSR count). The number of hydrogen-bond acceptors (Lipinski definition) is 1. The Morgan fingerprint density at radius 1 is 1.62 bits per heavy atom. The van der Waals surface area contributed by atoms with Crippen LogP contribution in [-0.2, 0) is 0 Å². The monoisotopic (exact) mass is 107 g/mol. The Bertz CT molecular complexity index is 193. The third-order valence-electron chi connectivity index (χ3n) is 0.786. The maximum absolute atomic E-state index is 3.88. The van der Waals surface area contributed by atoms with E-state index in [0.717, 1.165) is 0 Å². The van der Waals surface area contributed by atoms with Crippen molar-refractivity contribution in [2.45, 2.75) is 0 Å². The molecule has 1 aliphatic heterocycles. The lowest BCUT2D eigenvalue weighted by molar-refractivity contribution is -0.351. The van der Waals surface area contributed by atoms with Crippen LogP contribution in [0.25, 0.3) is 0 Å². The molecule has 0 unspecified atom stereocenters. The van der Waals surface area contributed by atoms with E-state index in [1.54, 1.807) is 17.1 Å². The normalized spacial score (nSPS) is 15.9. The first-order valence-corrected chi connectivity index (χ1v) is 2.40. The van der Waals surface area contributed by atoms with Crippen LogP contribution >= 0.6 is 0 Å². The Labute approximate surface area is 48.2 Å². The van der Waals surface area contributed by atoms with E-state index >= 15 is 0 Å². The van der Waals surface area contributed by atoms with Gasteiger partial charge >= 0.3 is 0 Å². The first-order valence-electron chi connectivity index (χ1n) is 2.40. The second kappa shape index (κ2) is 2.24. The topological polar surface area (TPSA) is 15.4 Å². The van der Waals surface area contributed by atoms with Crippen LogP contribution in [0.5, 0.6) is 0 Å². The summed E-state index contributed by atoms with van der Waals surface area (Å²) in [5.41, 5.74) is 0. The highest BCUT2D eigenvalue weighted by atomic mass is 15.0. The zero-order valence-corrected chi connectivity index (χ0v) is 4.70. The van der Waals surface area contributed by atoms with E-state index < -0.39 is 0 Å². The van der Waals surface area contributed by atoms with Gasteiger partial charge in [0.15, 0.2) is 0 Å². The number of aliphatic imine (C=N–C) groups is 1. The van der Waals surface area contributed by atoms with Gasteiger partial charge < -0.3 is 0 Å². The van der Waals surface area contributed by atoms with Gasteiger partial charge in [0, 0.05) is 6.08 Å². The molecule has 0 fully saturated rings. The molecule has 40 valence electrons. The molecule has 0 aromatic rings. The van der Waals surface area contributed by atoms with E-state index in [4.69, 9.17) is 0 Å². The molecule has 0 amide bonds.